The summed E-state index contributed by atoms with van der Waals surface area (Å²) in [5.74, 6) is 1.50. The number of nitrogens with two attached hydrogens (primary N) is 1. The molecular formula is C16H15Cl2NO2. The van der Waals surface area contributed by atoms with Crippen LogP contribution in [0.4, 0.5) is 0 Å². The maximum atomic E-state index is 6.25. The Labute approximate surface area is 133 Å². The van der Waals surface area contributed by atoms with Gasteiger partial charge < -0.3 is 15.2 Å². The molecule has 5 heteroatoms. The summed E-state index contributed by atoms with van der Waals surface area (Å²) in [6.45, 7) is 0. The Bertz CT molecular complexity index is 675. The van der Waals surface area contributed by atoms with Gasteiger partial charge in [0.05, 0.1) is 17.2 Å². The zero-order valence-electron chi connectivity index (χ0n) is 11.5. The van der Waals surface area contributed by atoms with Crippen molar-refractivity contribution in [1.29, 1.82) is 0 Å². The molecule has 3 nitrogen and oxygen atoms in total. The van der Waals surface area contributed by atoms with Crippen LogP contribution in [0.3, 0.4) is 0 Å². The molecule has 2 atom stereocenters. The van der Waals surface area contributed by atoms with Crippen molar-refractivity contribution in [2.75, 3.05) is 7.11 Å². The fourth-order valence-corrected chi connectivity index (χ4v) is 2.83. The monoisotopic (exact) mass is 323 g/mol. The standard InChI is InChI=1S/C16H15Cl2NO2/c1-20-10-3-4-11-14(19)8-15(21-16(11)7-10)9-2-5-12(17)13(18)6-9/h2-7,14-15H,8,19H2,1H3/t14-,15?/m1/s1. The second-order valence-electron chi connectivity index (χ2n) is 5.03. The van der Waals surface area contributed by atoms with Crippen LogP contribution in [0.15, 0.2) is 36.4 Å². The van der Waals surface area contributed by atoms with E-state index in [1.54, 1.807) is 13.2 Å². The number of ether oxygens (including phenoxy) is 2. The summed E-state index contributed by atoms with van der Waals surface area (Å²) in [6.07, 6.45) is 0.548. The first-order chi connectivity index (χ1) is 10.1. The van der Waals surface area contributed by atoms with Crippen LogP contribution in [0.25, 0.3) is 0 Å². The van der Waals surface area contributed by atoms with E-state index in [2.05, 4.69) is 0 Å². The second-order valence-corrected chi connectivity index (χ2v) is 5.84. The van der Waals surface area contributed by atoms with Crippen molar-refractivity contribution in [2.45, 2.75) is 18.6 Å². The van der Waals surface area contributed by atoms with Gasteiger partial charge in [0.25, 0.3) is 0 Å². The summed E-state index contributed by atoms with van der Waals surface area (Å²) in [5.41, 5.74) is 8.21. The van der Waals surface area contributed by atoms with E-state index in [4.69, 9.17) is 38.4 Å². The summed E-state index contributed by atoms with van der Waals surface area (Å²) in [4.78, 5) is 0. The van der Waals surface area contributed by atoms with Crippen LogP contribution in [0, 0.1) is 0 Å². The van der Waals surface area contributed by atoms with Gasteiger partial charge in [-0.15, -0.1) is 0 Å². The SMILES string of the molecule is COc1ccc2c(c1)OC(c1ccc(Cl)c(Cl)c1)C[C@H]2N. The molecule has 0 aromatic heterocycles. The zero-order valence-corrected chi connectivity index (χ0v) is 13.0. The fraction of sp³-hybridized carbons (Fsp3) is 0.250. The largest absolute Gasteiger partial charge is 0.497 e. The first kappa shape index (κ1) is 14.5. The number of rotatable bonds is 2. The second kappa shape index (κ2) is 5.76. The van der Waals surface area contributed by atoms with Gasteiger partial charge in [-0.25, -0.2) is 0 Å². The predicted octanol–water partition coefficient (Wildman–Crippen LogP) is 4.53. The lowest BCUT2D eigenvalue weighted by Gasteiger charge is -2.31. The minimum atomic E-state index is -0.144. The minimum Gasteiger partial charge on any atom is -0.497 e. The highest BCUT2D eigenvalue weighted by Crippen LogP contribution is 2.42. The quantitative estimate of drug-likeness (QED) is 0.883. The van der Waals surface area contributed by atoms with Crippen LogP contribution in [-0.4, -0.2) is 7.11 Å². The molecule has 1 aliphatic heterocycles. The molecule has 2 aromatic rings. The van der Waals surface area contributed by atoms with E-state index in [0.29, 0.717) is 16.5 Å². The van der Waals surface area contributed by atoms with E-state index in [0.717, 1.165) is 22.6 Å². The lowest BCUT2D eigenvalue weighted by atomic mass is 9.93. The molecule has 0 fully saturated rings. The van der Waals surface area contributed by atoms with Gasteiger partial charge in [0.15, 0.2) is 0 Å². The third kappa shape index (κ3) is 2.82. The van der Waals surface area contributed by atoms with Gasteiger partial charge >= 0.3 is 0 Å². The van der Waals surface area contributed by atoms with E-state index < -0.39 is 0 Å². The van der Waals surface area contributed by atoms with Crippen LogP contribution in [0.5, 0.6) is 11.5 Å². The number of halogens is 2. The number of hydrogen-bond acceptors (Lipinski definition) is 3. The zero-order chi connectivity index (χ0) is 15.0. The average Bonchev–Trinajstić information content (AvgIpc) is 2.49. The summed E-state index contributed by atoms with van der Waals surface area (Å²) in [6, 6.07) is 11.1. The van der Waals surface area contributed by atoms with Gasteiger partial charge in [0, 0.05) is 24.1 Å². The van der Waals surface area contributed by atoms with E-state index >= 15 is 0 Å². The lowest BCUT2D eigenvalue weighted by molar-refractivity contribution is 0.161. The van der Waals surface area contributed by atoms with Crippen molar-refractivity contribution >= 4 is 23.2 Å². The molecule has 0 amide bonds. The number of benzene rings is 2. The smallest absolute Gasteiger partial charge is 0.128 e. The van der Waals surface area contributed by atoms with Gasteiger partial charge in [-0.1, -0.05) is 35.3 Å². The molecule has 0 saturated heterocycles. The van der Waals surface area contributed by atoms with Gasteiger partial charge in [-0.2, -0.15) is 0 Å². The third-order valence-electron chi connectivity index (χ3n) is 3.67. The van der Waals surface area contributed by atoms with Crippen molar-refractivity contribution in [2.24, 2.45) is 5.73 Å². The minimum absolute atomic E-state index is 0.0842. The van der Waals surface area contributed by atoms with Gasteiger partial charge in [-0.05, 0) is 23.8 Å². The summed E-state index contributed by atoms with van der Waals surface area (Å²) >= 11 is 12.0. The Morgan fingerprint density at radius 3 is 2.67 bits per heavy atom. The van der Waals surface area contributed by atoms with Crippen molar-refractivity contribution < 1.29 is 9.47 Å². The molecule has 1 unspecified atom stereocenters. The molecule has 0 spiro atoms. The van der Waals surface area contributed by atoms with Gasteiger partial charge in [0.2, 0.25) is 0 Å². The summed E-state index contributed by atoms with van der Waals surface area (Å²) in [5, 5.41) is 1.05. The Hall–Kier alpha value is -1.42. The van der Waals surface area contributed by atoms with Crippen LogP contribution in [-0.2, 0) is 0 Å². The third-order valence-corrected chi connectivity index (χ3v) is 4.41. The molecule has 0 radical (unpaired) electrons. The maximum absolute atomic E-state index is 6.25. The first-order valence-corrected chi connectivity index (χ1v) is 7.39. The molecule has 0 bridgehead atoms. The van der Waals surface area contributed by atoms with Gasteiger partial charge in [-0.3, -0.25) is 0 Å². The topological polar surface area (TPSA) is 44.5 Å². The van der Waals surface area contributed by atoms with Crippen molar-refractivity contribution in [3.63, 3.8) is 0 Å². The number of methoxy groups -OCH3 is 1. The first-order valence-electron chi connectivity index (χ1n) is 6.63. The average molecular weight is 324 g/mol. The molecule has 0 saturated carbocycles. The van der Waals surface area contributed by atoms with Crippen molar-refractivity contribution in [3.8, 4) is 11.5 Å². The Morgan fingerprint density at radius 1 is 1.14 bits per heavy atom. The number of fused-ring (bicyclic) bond motifs is 1. The maximum Gasteiger partial charge on any atom is 0.128 e. The molecule has 1 aliphatic rings. The summed E-state index contributed by atoms with van der Waals surface area (Å²) < 4.78 is 11.3. The van der Waals surface area contributed by atoms with Crippen molar-refractivity contribution in [3.05, 3.63) is 57.6 Å². The highest BCUT2D eigenvalue weighted by molar-refractivity contribution is 6.42. The molecule has 2 N–H and O–H groups in total. The Kier molecular flexibility index (Phi) is 3.98. The Morgan fingerprint density at radius 2 is 1.95 bits per heavy atom. The molecule has 2 aromatic carbocycles. The molecule has 21 heavy (non-hydrogen) atoms. The van der Waals surface area contributed by atoms with E-state index in [1.165, 1.54) is 0 Å². The summed E-state index contributed by atoms with van der Waals surface area (Å²) in [7, 11) is 1.63. The van der Waals surface area contributed by atoms with E-state index in [9.17, 15) is 0 Å². The number of hydrogen-bond donors (Lipinski definition) is 1. The Balaban J connectivity index is 1.94. The lowest BCUT2D eigenvalue weighted by Crippen LogP contribution is -2.24. The van der Waals surface area contributed by atoms with Crippen molar-refractivity contribution in [1.82, 2.24) is 0 Å². The fourth-order valence-electron chi connectivity index (χ4n) is 2.53. The van der Waals surface area contributed by atoms with E-state index in [1.807, 2.05) is 30.3 Å². The van der Waals surface area contributed by atoms with Gasteiger partial charge in [0.1, 0.15) is 17.6 Å². The molecule has 1 heterocycles. The highest BCUT2D eigenvalue weighted by Gasteiger charge is 2.27. The van der Waals surface area contributed by atoms with Crippen LogP contribution >= 0.6 is 23.2 Å². The molecule has 0 aliphatic carbocycles. The normalized spacial score (nSPS) is 20.6. The molecule has 3 rings (SSSR count). The predicted molar refractivity (Wildman–Crippen MR) is 84.4 cm³/mol. The molecule has 110 valence electrons. The highest BCUT2D eigenvalue weighted by atomic mass is 35.5. The molecular weight excluding hydrogens is 309 g/mol. The van der Waals surface area contributed by atoms with E-state index in [-0.39, 0.29) is 12.1 Å². The van der Waals surface area contributed by atoms with Crippen LogP contribution in [0.1, 0.15) is 29.7 Å². The van der Waals surface area contributed by atoms with Crippen LogP contribution in [0.2, 0.25) is 10.0 Å². The van der Waals surface area contributed by atoms with Crippen LogP contribution < -0.4 is 15.2 Å².